The molecule has 0 radical (unpaired) electrons. The van der Waals surface area contributed by atoms with Crippen LogP contribution >= 0.6 is 0 Å². The van der Waals surface area contributed by atoms with E-state index in [1.54, 1.807) is 24.5 Å². The standard InChI is InChI=1S/C10H7N5/c11-5-8-9(14-6-15-10(8)12)7-1-3-13-4-2-7/h1-4,6H,(H2,12,14,15). The highest BCUT2D eigenvalue weighted by Crippen LogP contribution is 2.22. The van der Waals surface area contributed by atoms with Crippen LogP contribution in [0.4, 0.5) is 5.82 Å². The molecule has 0 saturated carbocycles. The van der Waals surface area contributed by atoms with Gasteiger partial charge in [-0.25, -0.2) is 9.97 Å². The molecule has 2 aromatic rings. The highest BCUT2D eigenvalue weighted by atomic mass is 14.9. The Kier molecular flexibility index (Phi) is 2.25. The van der Waals surface area contributed by atoms with Crippen molar-refractivity contribution in [3.05, 3.63) is 36.4 Å². The number of anilines is 1. The summed E-state index contributed by atoms with van der Waals surface area (Å²) in [5, 5.41) is 8.93. The van der Waals surface area contributed by atoms with Crippen molar-refractivity contribution in [2.45, 2.75) is 0 Å². The average Bonchev–Trinajstić information content (AvgIpc) is 2.30. The number of rotatable bonds is 1. The van der Waals surface area contributed by atoms with E-state index in [-0.39, 0.29) is 5.82 Å². The maximum absolute atomic E-state index is 8.93. The molecule has 0 aromatic carbocycles. The number of nitrogens with two attached hydrogens (primary N) is 1. The largest absolute Gasteiger partial charge is 0.382 e. The van der Waals surface area contributed by atoms with Crippen LogP contribution in [0.1, 0.15) is 5.56 Å². The second kappa shape index (κ2) is 3.72. The van der Waals surface area contributed by atoms with E-state index in [0.29, 0.717) is 11.3 Å². The smallest absolute Gasteiger partial charge is 0.145 e. The zero-order valence-corrected chi connectivity index (χ0v) is 7.75. The molecule has 72 valence electrons. The number of aromatic nitrogens is 3. The van der Waals surface area contributed by atoms with Gasteiger partial charge in [0.25, 0.3) is 0 Å². The van der Waals surface area contributed by atoms with Crippen molar-refractivity contribution in [2.75, 3.05) is 5.73 Å². The van der Waals surface area contributed by atoms with Gasteiger partial charge < -0.3 is 5.73 Å². The number of pyridine rings is 1. The number of nitrogens with zero attached hydrogens (tertiary/aromatic N) is 4. The lowest BCUT2D eigenvalue weighted by Crippen LogP contribution is -1.99. The molecule has 0 aliphatic rings. The Labute approximate surface area is 86.2 Å². The molecule has 2 aromatic heterocycles. The van der Waals surface area contributed by atoms with Gasteiger partial charge in [0, 0.05) is 18.0 Å². The third-order valence-corrected chi connectivity index (χ3v) is 1.94. The molecule has 15 heavy (non-hydrogen) atoms. The van der Waals surface area contributed by atoms with E-state index >= 15 is 0 Å². The van der Waals surface area contributed by atoms with E-state index in [1.165, 1.54) is 6.33 Å². The van der Waals surface area contributed by atoms with Crippen LogP contribution in [0.5, 0.6) is 0 Å². The van der Waals surface area contributed by atoms with Crippen LogP contribution in [0.2, 0.25) is 0 Å². The van der Waals surface area contributed by atoms with Gasteiger partial charge in [-0.1, -0.05) is 0 Å². The van der Waals surface area contributed by atoms with Crippen LogP contribution in [-0.4, -0.2) is 15.0 Å². The first kappa shape index (κ1) is 9.09. The summed E-state index contributed by atoms with van der Waals surface area (Å²) in [7, 11) is 0. The van der Waals surface area contributed by atoms with Crippen molar-refractivity contribution in [3.8, 4) is 17.3 Å². The summed E-state index contributed by atoms with van der Waals surface area (Å²) < 4.78 is 0. The fourth-order valence-corrected chi connectivity index (χ4v) is 1.24. The molecule has 0 saturated heterocycles. The summed E-state index contributed by atoms with van der Waals surface area (Å²) in [5.41, 5.74) is 7.21. The molecule has 2 rings (SSSR count). The van der Waals surface area contributed by atoms with E-state index in [4.69, 9.17) is 11.0 Å². The SMILES string of the molecule is N#Cc1c(N)ncnc1-c1ccncc1. The van der Waals surface area contributed by atoms with E-state index in [0.717, 1.165) is 5.56 Å². The monoisotopic (exact) mass is 197 g/mol. The van der Waals surface area contributed by atoms with E-state index in [2.05, 4.69) is 15.0 Å². The Morgan fingerprint density at radius 2 is 1.93 bits per heavy atom. The number of nitrogen functional groups attached to an aromatic ring is 1. The third-order valence-electron chi connectivity index (χ3n) is 1.94. The van der Waals surface area contributed by atoms with E-state index in [9.17, 15) is 0 Å². The Balaban J connectivity index is 2.65. The second-order valence-corrected chi connectivity index (χ2v) is 2.83. The van der Waals surface area contributed by atoms with E-state index < -0.39 is 0 Å². The topological polar surface area (TPSA) is 88.5 Å². The first-order chi connectivity index (χ1) is 7.33. The molecular weight excluding hydrogens is 190 g/mol. The van der Waals surface area contributed by atoms with Gasteiger partial charge in [0.05, 0.1) is 5.69 Å². The molecule has 0 unspecified atom stereocenters. The van der Waals surface area contributed by atoms with Crippen LogP contribution in [0.15, 0.2) is 30.9 Å². The normalized spacial score (nSPS) is 9.53. The predicted octanol–water partition coefficient (Wildman–Crippen LogP) is 0.992. The Hall–Kier alpha value is -2.48. The fraction of sp³-hybridized carbons (Fsp3) is 0. The maximum Gasteiger partial charge on any atom is 0.145 e. The van der Waals surface area contributed by atoms with Crippen molar-refractivity contribution >= 4 is 5.82 Å². The van der Waals surface area contributed by atoms with Crippen LogP contribution in [0.3, 0.4) is 0 Å². The summed E-state index contributed by atoms with van der Waals surface area (Å²) in [6, 6.07) is 5.52. The molecular formula is C10H7N5. The summed E-state index contributed by atoms with van der Waals surface area (Å²) in [4.78, 5) is 11.7. The maximum atomic E-state index is 8.93. The van der Waals surface area contributed by atoms with Gasteiger partial charge >= 0.3 is 0 Å². The molecule has 0 fully saturated rings. The summed E-state index contributed by atoms with van der Waals surface area (Å²) in [5.74, 6) is 0.194. The van der Waals surface area contributed by atoms with Crippen molar-refractivity contribution in [1.82, 2.24) is 15.0 Å². The Morgan fingerprint density at radius 1 is 1.20 bits per heavy atom. The van der Waals surface area contributed by atoms with Crippen LogP contribution in [-0.2, 0) is 0 Å². The Bertz CT molecular complexity index is 515. The molecule has 0 amide bonds. The minimum atomic E-state index is 0.194. The highest BCUT2D eigenvalue weighted by molar-refractivity contribution is 5.70. The highest BCUT2D eigenvalue weighted by Gasteiger charge is 2.09. The van der Waals surface area contributed by atoms with Crippen LogP contribution < -0.4 is 5.73 Å². The van der Waals surface area contributed by atoms with Gasteiger partial charge in [0.15, 0.2) is 0 Å². The van der Waals surface area contributed by atoms with Gasteiger partial charge in [-0.2, -0.15) is 5.26 Å². The zero-order valence-electron chi connectivity index (χ0n) is 7.75. The molecule has 2 N–H and O–H groups in total. The quantitative estimate of drug-likeness (QED) is 0.736. The molecule has 0 aliphatic carbocycles. The van der Waals surface area contributed by atoms with Gasteiger partial charge in [-0.3, -0.25) is 4.98 Å². The third kappa shape index (κ3) is 1.60. The number of nitriles is 1. The lowest BCUT2D eigenvalue weighted by atomic mass is 10.1. The molecule has 2 heterocycles. The number of hydrogen-bond donors (Lipinski definition) is 1. The molecule has 0 bridgehead atoms. The van der Waals surface area contributed by atoms with E-state index in [1.807, 2.05) is 6.07 Å². The molecule has 0 spiro atoms. The fourth-order valence-electron chi connectivity index (χ4n) is 1.24. The summed E-state index contributed by atoms with van der Waals surface area (Å²) in [6.45, 7) is 0. The summed E-state index contributed by atoms with van der Waals surface area (Å²) in [6.07, 6.45) is 4.61. The first-order valence-corrected chi connectivity index (χ1v) is 4.24. The Morgan fingerprint density at radius 3 is 2.60 bits per heavy atom. The van der Waals surface area contributed by atoms with Crippen molar-refractivity contribution in [3.63, 3.8) is 0 Å². The van der Waals surface area contributed by atoms with Crippen molar-refractivity contribution in [2.24, 2.45) is 0 Å². The van der Waals surface area contributed by atoms with Crippen molar-refractivity contribution < 1.29 is 0 Å². The molecule has 0 aliphatic heterocycles. The first-order valence-electron chi connectivity index (χ1n) is 4.24. The van der Waals surface area contributed by atoms with Crippen molar-refractivity contribution in [1.29, 1.82) is 5.26 Å². The van der Waals surface area contributed by atoms with Gasteiger partial charge in [0.2, 0.25) is 0 Å². The molecule has 0 atom stereocenters. The minimum Gasteiger partial charge on any atom is -0.382 e. The van der Waals surface area contributed by atoms with Gasteiger partial charge in [0.1, 0.15) is 23.8 Å². The molecule has 5 nitrogen and oxygen atoms in total. The molecule has 5 heteroatoms. The van der Waals surface area contributed by atoms with Crippen LogP contribution in [0, 0.1) is 11.3 Å². The predicted molar refractivity (Wildman–Crippen MR) is 54.4 cm³/mol. The lowest BCUT2D eigenvalue weighted by molar-refractivity contribution is 1.16. The summed E-state index contributed by atoms with van der Waals surface area (Å²) >= 11 is 0. The number of hydrogen-bond acceptors (Lipinski definition) is 5. The van der Waals surface area contributed by atoms with Crippen LogP contribution in [0.25, 0.3) is 11.3 Å². The lowest BCUT2D eigenvalue weighted by Gasteiger charge is -2.03. The average molecular weight is 197 g/mol. The zero-order chi connectivity index (χ0) is 10.7. The van der Waals surface area contributed by atoms with Gasteiger partial charge in [-0.05, 0) is 12.1 Å². The second-order valence-electron chi connectivity index (χ2n) is 2.83. The minimum absolute atomic E-state index is 0.194. The van der Waals surface area contributed by atoms with Gasteiger partial charge in [-0.15, -0.1) is 0 Å².